The fourth-order valence-electron chi connectivity index (χ4n) is 2.10. The first-order valence-corrected chi connectivity index (χ1v) is 6.84. The topological polar surface area (TPSA) is 72.8 Å². The van der Waals surface area contributed by atoms with Crippen LogP contribution in [0.15, 0.2) is 53.6 Å². The third-order valence-corrected chi connectivity index (χ3v) is 3.52. The van der Waals surface area contributed by atoms with Crippen LogP contribution in [0.3, 0.4) is 0 Å². The first kappa shape index (κ1) is 15.9. The second-order valence-corrected chi connectivity index (χ2v) is 4.84. The van der Waals surface area contributed by atoms with Gasteiger partial charge in [-0.05, 0) is 31.2 Å². The highest BCUT2D eigenvalue weighted by atomic mass is 16.5. The molecular formula is C16H19N3O3. The highest BCUT2D eigenvalue weighted by molar-refractivity contribution is 5.99. The second-order valence-electron chi connectivity index (χ2n) is 4.84. The third-order valence-electron chi connectivity index (χ3n) is 3.52. The van der Waals surface area contributed by atoms with Crippen molar-refractivity contribution in [3.63, 3.8) is 0 Å². The Morgan fingerprint density at radius 2 is 2.09 bits per heavy atom. The van der Waals surface area contributed by atoms with Crippen molar-refractivity contribution in [2.45, 2.75) is 18.9 Å². The monoisotopic (exact) mass is 301 g/mol. The number of carbonyl (C=O) groups excluding carboxylic acids is 1. The van der Waals surface area contributed by atoms with Crippen molar-refractivity contribution in [2.24, 2.45) is 5.10 Å². The van der Waals surface area contributed by atoms with Gasteiger partial charge in [0.2, 0.25) is 0 Å². The van der Waals surface area contributed by atoms with Crippen LogP contribution in [0.5, 0.6) is 0 Å². The molecule has 1 aliphatic rings. The Kier molecular flexibility index (Phi) is 5.06. The van der Waals surface area contributed by atoms with E-state index in [1.807, 2.05) is 19.1 Å². The number of carbonyl (C=O) groups is 1. The molecule has 6 heteroatoms. The summed E-state index contributed by atoms with van der Waals surface area (Å²) in [6, 6.07) is 3.65. The quantitative estimate of drug-likeness (QED) is 0.665. The molecule has 1 aromatic heterocycles. The number of hydrazone groups is 1. The number of nitrogens with one attached hydrogen (secondary N) is 1. The molecular weight excluding hydrogens is 282 g/mol. The van der Waals surface area contributed by atoms with E-state index in [9.17, 15) is 4.79 Å². The average molecular weight is 301 g/mol. The Hall–Kier alpha value is -2.47. The number of pyridine rings is 1. The first-order chi connectivity index (χ1) is 10.6. The van der Waals surface area contributed by atoms with Crippen molar-refractivity contribution in [1.29, 1.82) is 0 Å². The fraction of sp³-hybridized carbons (Fsp3) is 0.312. The zero-order valence-electron chi connectivity index (χ0n) is 12.9. The molecule has 0 saturated carbocycles. The van der Waals surface area contributed by atoms with Crippen LogP contribution in [-0.4, -0.2) is 36.4 Å². The van der Waals surface area contributed by atoms with Crippen LogP contribution >= 0.6 is 0 Å². The maximum atomic E-state index is 12.5. The minimum atomic E-state index is -1.11. The van der Waals surface area contributed by atoms with E-state index >= 15 is 0 Å². The van der Waals surface area contributed by atoms with E-state index in [1.54, 1.807) is 37.7 Å². The van der Waals surface area contributed by atoms with E-state index < -0.39 is 5.60 Å². The van der Waals surface area contributed by atoms with Gasteiger partial charge in [-0.25, -0.2) is 5.43 Å². The number of hydrogen-bond acceptors (Lipinski definition) is 5. The van der Waals surface area contributed by atoms with Gasteiger partial charge in [0.15, 0.2) is 5.60 Å². The minimum absolute atomic E-state index is 0.326. The van der Waals surface area contributed by atoms with Gasteiger partial charge in [0.05, 0.1) is 18.6 Å². The largest absolute Gasteiger partial charge is 0.501 e. The molecule has 1 atom stereocenters. The number of amides is 1. The molecule has 0 saturated heterocycles. The maximum absolute atomic E-state index is 12.5. The van der Waals surface area contributed by atoms with Crippen LogP contribution in [0.1, 0.15) is 18.9 Å². The van der Waals surface area contributed by atoms with Crippen molar-refractivity contribution >= 4 is 11.6 Å². The minimum Gasteiger partial charge on any atom is -0.501 e. The molecule has 1 unspecified atom stereocenters. The molecule has 6 nitrogen and oxygen atoms in total. The van der Waals surface area contributed by atoms with Crippen molar-refractivity contribution in [1.82, 2.24) is 10.4 Å². The number of hydrogen-bond donors (Lipinski definition) is 1. The van der Waals surface area contributed by atoms with Crippen LogP contribution in [0, 0.1) is 0 Å². The lowest BCUT2D eigenvalue weighted by atomic mass is 9.93. The van der Waals surface area contributed by atoms with Gasteiger partial charge in [-0.3, -0.25) is 9.78 Å². The van der Waals surface area contributed by atoms with Gasteiger partial charge in [-0.15, -0.1) is 0 Å². The molecule has 2 rings (SSSR count). The fourth-order valence-corrected chi connectivity index (χ4v) is 2.10. The lowest BCUT2D eigenvalue weighted by molar-refractivity contribution is -0.138. The Balaban J connectivity index is 2.11. The van der Waals surface area contributed by atoms with E-state index in [0.29, 0.717) is 17.9 Å². The smallest absolute Gasteiger partial charge is 0.276 e. The molecule has 1 aliphatic carbocycles. The first-order valence-electron chi connectivity index (χ1n) is 6.84. The third kappa shape index (κ3) is 3.40. The van der Waals surface area contributed by atoms with Gasteiger partial charge in [0, 0.05) is 31.5 Å². The summed E-state index contributed by atoms with van der Waals surface area (Å²) in [5.41, 5.74) is 3.02. The Labute approximate surface area is 129 Å². The lowest BCUT2D eigenvalue weighted by Crippen LogP contribution is -2.46. The van der Waals surface area contributed by atoms with Crippen LogP contribution in [-0.2, 0) is 14.3 Å². The van der Waals surface area contributed by atoms with E-state index in [4.69, 9.17) is 9.47 Å². The molecule has 22 heavy (non-hydrogen) atoms. The Morgan fingerprint density at radius 1 is 1.36 bits per heavy atom. The van der Waals surface area contributed by atoms with Gasteiger partial charge in [0.1, 0.15) is 0 Å². The summed E-state index contributed by atoms with van der Waals surface area (Å²) in [4.78, 5) is 16.4. The van der Waals surface area contributed by atoms with Gasteiger partial charge in [0.25, 0.3) is 5.91 Å². The Morgan fingerprint density at radius 3 is 2.73 bits per heavy atom. The highest BCUT2D eigenvalue weighted by Gasteiger charge is 2.38. The standard InChI is InChI=1S/C16H19N3O3/c1-12(13-6-9-17-10-7-13)18-19-15(20)16(22-3)8-4-5-14(11-16)21-2/h4-10H,11H2,1-3H3,(H,19,20). The van der Waals surface area contributed by atoms with Crippen molar-refractivity contribution < 1.29 is 14.3 Å². The predicted octanol–water partition coefficient (Wildman–Crippen LogP) is 1.80. The number of aromatic nitrogens is 1. The molecule has 116 valence electrons. The van der Waals surface area contributed by atoms with Crippen molar-refractivity contribution in [3.8, 4) is 0 Å². The maximum Gasteiger partial charge on any atom is 0.276 e. The van der Waals surface area contributed by atoms with E-state index in [0.717, 1.165) is 5.56 Å². The van der Waals surface area contributed by atoms with E-state index in [-0.39, 0.29) is 5.91 Å². The van der Waals surface area contributed by atoms with Gasteiger partial charge >= 0.3 is 0 Å². The summed E-state index contributed by atoms with van der Waals surface area (Å²) in [5, 5.41) is 4.13. The van der Waals surface area contributed by atoms with Crippen LogP contribution in [0.25, 0.3) is 0 Å². The summed E-state index contributed by atoms with van der Waals surface area (Å²) in [6.07, 6.45) is 8.91. The van der Waals surface area contributed by atoms with Gasteiger partial charge in [-0.1, -0.05) is 6.08 Å². The summed E-state index contributed by atoms with van der Waals surface area (Å²) in [6.45, 7) is 1.81. The van der Waals surface area contributed by atoms with Gasteiger partial charge < -0.3 is 9.47 Å². The number of nitrogens with zero attached hydrogens (tertiary/aromatic N) is 2. The number of allylic oxidation sites excluding steroid dienone is 2. The van der Waals surface area contributed by atoms with Crippen LogP contribution in [0.4, 0.5) is 0 Å². The molecule has 1 amide bonds. The predicted molar refractivity (Wildman–Crippen MR) is 83.2 cm³/mol. The molecule has 0 fully saturated rings. The highest BCUT2D eigenvalue weighted by Crippen LogP contribution is 2.27. The van der Waals surface area contributed by atoms with Gasteiger partial charge in [-0.2, -0.15) is 5.10 Å². The summed E-state index contributed by atoms with van der Waals surface area (Å²) in [5.74, 6) is 0.330. The summed E-state index contributed by atoms with van der Waals surface area (Å²) < 4.78 is 10.6. The van der Waals surface area contributed by atoms with E-state index in [1.165, 1.54) is 7.11 Å². The molecule has 1 aromatic rings. The second kappa shape index (κ2) is 7.00. The number of ether oxygens (including phenoxy) is 2. The number of rotatable bonds is 5. The zero-order valence-corrected chi connectivity index (χ0v) is 12.9. The summed E-state index contributed by atoms with van der Waals surface area (Å²) in [7, 11) is 3.05. The molecule has 0 aliphatic heterocycles. The van der Waals surface area contributed by atoms with Crippen molar-refractivity contribution in [2.75, 3.05) is 14.2 Å². The Bertz CT molecular complexity index is 623. The molecule has 1 heterocycles. The molecule has 0 bridgehead atoms. The number of methoxy groups -OCH3 is 2. The van der Waals surface area contributed by atoms with Crippen LogP contribution in [0.2, 0.25) is 0 Å². The lowest BCUT2D eigenvalue weighted by Gasteiger charge is -2.29. The molecule has 0 aromatic carbocycles. The molecule has 0 radical (unpaired) electrons. The normalized spacial score (nSPS) is 21.2. The molecule has 0 spiro atoms. The van der Waals surface area contributed by atoms with Crippen molar-refractivity contribution in [3.05, 3.63) is 54.1 Å². The van der Waals surface area contributed by atoms with Crippen LogP contribution < -0.4 is 5.43 Å². The zero-order chi connectivity index (χ0) is 16.0. The molecule has 1 N–H and O–H groups in total. The van der Waals surface area contributed by atoms with E-state index in [2.05, 4.69) is 15.5 Å². The average Bonchev–Trinajstić information content (AvgIpc) is 2.59. The SMILES string of the molecule is COC1=CC=CC(OC)(C(=O)NN=C(C)c2ccncc2)C1. The summed E-state index contributed by atoms with van der Waals surface area (Å²) >= 11 is 0.